The number of para-hydroxylation sites is 1. The van der Waals surface area contributed by atoms with E-state index in [4.69, 9.17) is 0 Å². The molecule has 6 heteroatoms. The van der Waals surface area contributed by atoms with E-state index in [-0.39, 0.29) is 10.8 Å². The third-order valence-electron chi connectivity index (χ3n) is 2.61. The molecule has 19 heavy (non-hydrogen) atoms. The van der Waals surface area contributed by atoms with Gasteiger partial charge in [-0.1, -0.05) is 18.2 Å². The van der Waals surface area contributed by atoms with Crippen LogP contribution in [0.4, 0.5) is 0 Å². The summed E-state index contributed by atoms with van der Waals surface area (Å²) in [5.74, 6) is -0.108. The Hall–Kier alpha value is -1.79. The molecule has 2 heterocycles. The van der Waals surface area contributed by atoms with Crippen molar-refractivity contribution >= 4 is 31.4 Å². The van der Waals surface area contributed by atoms with Crippen LogP contribution in [0.5, 0.6) is 0 Å². The highest BCUT2D eigenvalue weighted by Crippen LogP contribution is 2.24. The molecule has 1 aromatic carbocycles. The molecule has 0 radical (unpaired) electrons. The highest BCUT2D eigenvalue weighted by molar-refractivity contribution is 7.90. The molecule has 96 valence electrons. The lowest BCUT2D eigenvalue weighted by Gasteiger charge is -1.99. The van der Waals surface area contributed by atoms with Gasteiger partial charge in [-0.2, -0.15) is 0 Å². The van der Waals surface area contributed by atoms with Crippen LogP contribution in [0.3, 0.4) is 0 Å². The molecule has 3 aromatic rings. The fraction of sp³-hybridized carbons (Fsp3) is 0.0769. The van der Waals surface area contributed by atoms with E-state index < -0.39 is 9.84 Å². The van der Waals surface area contributed by atoms with Gasteiger partial charge in [0.25, 0.3) is 0 Å². The Labute approximate surface area is 114 Å². The molecule has 0 spiro atoms. The average molecular weight is 290 g/mol. The Kier molecular flexibility index (Phi) is 3.04. The molecule has 0 saturated carbocycles. The number of hydrogen-bond acceptors (Lipinski definition) is 5. The molecule has 4 nitrogen and oxygen atoms in total. The molecule has 0 saturated heterocycles. The van der Waals surface area contributed by atoms with Crippen molar-refractivity contribution in [3.63, 3.8) is 0 Å². The van der Waals surface area contributed by atoms with Gasteiger partial charge in [0.15, 0.2) is 5.03 Å². The van der Waals surface area contributed by atoms with Crippen LogP contribution in [-0.2, 0) is 15.6 Å². The van der Waals surface area contributed by atoms with Gasteiger partial charge >= 0.3 is 0 Å². The summed E-state index contributed by atoms with van der Waals surface area (Å²) in [5, 5.41) is 0.682. The standard InChI is InChI=1S/C13H10N2O2S2/c16-19(17,13-7-3-4-8-14-13)9-12-15-10-5-1-2-6-11(10)18-12/h1-8H,9H2. The van der Waals surface area contributed by atoms with Gasteiger partial charge in [0.2, 0.25) is 9.84 Å². The van der Waals surface area contributed by atoms with Gasteiger partial charge in [-0.3, -0.25) is 0 Å². The van der Waals surface area contributed by atoms with Crippen LogP contribution in [0.25, 0.3) is 10.2 Å². The van der Waals surface area contributed by atoms with Gasteiger partial charge < -0.3 is 0 Å². The van der Waals surface area contributed by atoms with Crippen molar-refractivity contribution in [3.05, 3.63) is 53.7 Å². The molecular formula is C13H10N2O2S2. The average Bonchev–Trinajstić information content (AvgIpc) is 2.81. The Morgan fingerprint density at radius 1 is 1.05 bits per heavy atom. The molecule has 0 atom stereocenters. The summed E-state index contributed by atoms with van der Waals surface area (Å²) >= 11 is 1.40. The molecule has 0 amide bonds. The maximum Gasteiger partial charge on any atom is 0.202 e. The molecule has 0 bridgehead atoms. The highest BCUT2D eigenvalue weighted by atomic mass is 32.2. The minimum Gasteiger partial charge on any atom is -0.245 e. The largest absolute Gasteiger partial charge is 0.245 e. The summed E-state index contributed by atoms with van der Waals surface area (Å²) in [5.41, 5.74) is 0.832. The van der Waals surface area contributed by atoms with Crippen molar-refractivity contribution < 1.29 is 8.42 Å². The number of pyridine rings is 1. The summed E-state index contributed by atoms with van der Waals surface area (Å²) in [7, 11) is -3.42. The normalized spacial score (nSPS) is 11.8. The zero-order chi connectivity index (χ0) is 13.3. The maximum atomic E-state index is 12.2. The van der Waals surface area contributed by atoms with E-state index in [1.165, 1.54) is 23.6 Å². The monoisotopic (exact) mass is 290 g/mol. The third kappa shape index (κ3) is 2.50. The topological polar surface area (TPSA) is 59.9 Å². The zero-order valence-electron chi connectivity index (χ0n) is 9.85. The summed E-state index contributed by atoms with van der Waals surface area (Å²) in [6.45, 7) is 0. The van der Waals surface area contributed by atoms with Crippen molar-refractivity contribution in [2.75, 3.05) is 0 Å². The van der Waals surface area contributed by atoms with Crippen LogP contribution >= 0.6 is 11.3 Å². The number of hydrogen-bond donors (Lipinski definition) is 0. The smallest absolute Gasteiger partial charge is 0.202 e. The minimum absolute atomic E-state index is 0.0919. The van der Waals surface area contributed by atoms with Crippen LogP contribution in [0.2, 0.25) is 0 Å². The number of benzene rings is 1. The molecule has 0 N–H and O–H groups in total. The SMILES string of the molecule is O=S(=O)(Cc1nc2ccccc2s1)c1ccccn1. The second-order valence-corrected chi connectivity index (χ2v) is 7.05. The predicted molar refractivity (Wildman–Crippen MR) is 74.7 cm³/mol. The van der Waals surface area contributed by atoms with Crippen LogP contribution in [0, 0.1) is 0 Å². The maximum absolute atomic E-state index is 12.2. The number of sulfone groups is 1. The molecule has 0 aliphatic heterocycles. The van der Waals surface area contributed by atoms with Gasteiger partial charge in [0.05, 0.1) is 10.2 Å². The molecule has 3 rings (SSSR count). The minimum atomic E-state index is -3.42. The van der Waals surface area contributed by atoms with E-state index in [1.54, 1.807) is 12.1 Å². The van der Waals surface area contributed by atoms with Gasteiger partial charge in [-0.15, -0.1) is 11.3 Å². The molecule has 0 aliphatic rings. The van der Waals surface area contributed by atoms with Crippen LogP contribution in [0.15, 0.2) is 53.7 Å². The van der Waals surface area contributed by atoms with Crippen LogP contribution in [-0.4, -0.2) is 18.4 Å². The van der Waals surface area contributed by atoms with Crippen molar-refractivity contribution in [1.82, 2.24) is 9.97 Å². The van der Waals surface area contributed by atoms with Gasteiger partial charge in [0, 0.05) is 6.20 Å². The summed E-state index contributed by atoms with van der Waals surface area (Å²) < 4.78 is 25.4. The lowest BCUT2D eigenvalue weighted by atomic mass is 10.3. The quantitative estimate of drug-likeness (QED) is 0.744. The van der Waals surface area contributed by atoms with Crippen molar-refractivity contribution in [3.8, 4) is 0 Å². The first-order valence-corrected chi connectivity index (χ1v) is 8.10. The number of nitrogens with zero attached hydrogens (tertiary/aromatic N) is 2. The van der Waals surface area contributed by atoms with E-state index in [2.05, 4.69) is 9.97 Å². The number of thiazole rings is 1. The number of aromatic nitrogens is 2. The lowest BCUT2D eigenvalue weighted by Crippen LogP contribution is -2.06. The first-order valence-electron chi connectivity index (χ1n) is 5.63. The molecule has 0 fully saturated rings. The van der Waals surface area contributed by atoms with E-state index in [9.17, 15) is 8.42 Å². The number of rotatable bonds is 3. The van der Waals surface area contributed by atoms with E-state index in [0.29, 0.717) is 5.01 Å². The first-order chi connectivity index (χ1) is 9.15. The van der Waals surface area contributed by atoms with E-state index in [0.717, 1.165) is 10.2 Å². The molecule has 0 unspecified atom stereocenters. The highest BCUT2D eigenvalue weighted by Gasteiger charge is 2.18. The van der Waals surface area contributed by atoms with Crippen LogP contribution < -0.4 is 0 Å². The Morgan fingerprint density at radius 2 is 1.84 bits per heavy atom. The van der Waals surface area contributed by atoms with E-state index >= 15 is 0 Å². The second-order valence-electron chi connectivity index (χ2n) is 4.00. The first kappa shape index (κ1) is 12.3. The van der Waals surface area contributed by atoms with Gasteiger partial charge in [-0.05, 0) is 24.3 Å². The summed E-state index contributed by atoms with van der Waals surface area (Å²) in [4.78, 5) is 8.22. The molecule has 0 aliphatic carbocycles. The summed E-state index contributed by atoms with van der Waals surface area (Å²) in [6.07, 6.45) is 1.48. The molecular weight excluding hydrogens is 280 g/mol. The van der Waals surface area contributed by atoms with Crippen LogP contribution in [0.1, 0.15) is 5.01 Å². The number of fused-ring (bicyclic) bond motifs is 1. The Morgan fingerprint density at radius 3 is 2.58 bits per heavy atom. The van der Waals surface area contributed by atoms with Crippen molar-refractivity contribution in [2.24, 2.45) is 0 Å². The van der Waals surface area contributed by atoms with Crippen molar-refractivity contribution in [2.45, 2.75) is 10.8 Å². The fourth-order valence-electron chi connectivity index (χ4n) is 1.75. The van der Waals surface area contributed by atoms with Gasteiger partial charge in [0.1, 0.15) is 10.8 Å². The van der Waals surface area contributed by atoms with E-state index in [1.807, 2.05) is 24.3 Å². The Bertz CT molecular complexity index is 778. The van der Waals surface area contributed by atoms with Gasteiger partial charge in [-0.25, -0.2) is 18.4 Å². The fourth-order valence-corrected chi connectivity index (χ4v) is 4.26. The van der Waals surface area contributed by atoms with Crippen molar-refractivity contribution in [1.29, 1.82) is 0 Å². The third-order valence-corrected chi connectivity index (χ3v) is 5.36. The molecule has 2 aromatic heterocycles. The Balaban J connectivity index is 1.97. The predicted octanol–water partition coefficient (Wildman–Crippen LogP) is 2.67. The lowest BCUT2D eigenvalue weighted by molar-refractivity contribution is 0.591. The second kappa shape index (κ2) is 4.71. The zero-order valence-corrected chi connectivity index (χ0v) is 11.5. The summed E-state index contributed by atoms with van der Waals surface area (Å²) in [6, 6.07) is 12.5.